The van der Waals surface area contributed by atoms with E-state index in [-0.39, 0.29) is 0 Å². The van der Waals surface area contributed by atoms with E-state index in [1.54, 1.807) is 12.1 Å². The maximum absolute atomic E-state index is 11.8. The summed E-state index contributed by atoms with van der Waals surface area (Å²) in [7, 11) is 3.79. The molecule has 0 aliphatic carbocycles. The van der Waals surface area contributed by atoms with Crippen molar-refractivity contribution in [1.82, 2.24) is 0 Å². The summed E-state index contributed by atoms with van der Waals surface area (Å²) in [5.74, 6) is -0.447. The van der Waals surface area contributed by atoms with Crippen LogP contribution in [0.15, 0.2) is 48.5 Å². The molecule has 0 aliphatic rings. The highest BCUT2D eigenvalue weighted by Gasteiger charge is 2.16. The number of nitrogens with zero attached hydrogens (tertiary/aromatic N) is 1. The number of hydrogen-bond donors (Lipinski definition) is 1. The fourth-order valence-electron chi connectivity index (χ4n) is 2.98. The van der Waals surface area contributed by atoms with Crippen molar-refractivity contribution < 1.29 is 4.79 Å². The van der Waals surface area contributed by atoms with Gasteiger partial charge in [-0.3, -0.25) is 4.79 Å². The summed E-state index contributed by atoms with van der Waals surface area (Å²) < 4.78 is 0. The number of halogens is 2. The molecule has 0 radical (unpaired) electrons. The van der Waals surface area contributed by atoms with Crippen LogP contribution >= 0.6 is 23.2 Å². The number of amides is 1. The Balaban J connectivity index is 2.36. The fourth-order valence-corrected chi connectivity index (χ4v) is 3.51. The maximum atomic E-state index is 11.8. The Morgan fingerprint density at radius 3 is 2.21 bits per heavy atom. The predicted molar refractivity (Wildman–Crippen MR) is 102 cm³/mol. The molecule has 122 valence electrons. The van der Waals surface area contributed by atoms with Crippen LogP contribution < -0.4 is 10.6 Å². The lowest BCUT2D eigenvalue weighted by Gasteiger charge is -2.20. The molecule has 0 heterocycles. The molecular weight excluding hydrogens is 343 g/mol. The minimum absolute atomic E-state index is 0.447. The molecule has 3 aromatic rings. The minimum atomic E-state index is -0.447. The van der Waals surface area contributed by atoms with Crippen LogP contribution in [-0.2, 0) is 0 Å². The highest BCUT2D eigenvalue weighted by atomic mass is 35.5. The van der Waals surface area contributed by atoms with Crippen molar-refractivity contribution >= 4 is 45.6 Å². The summed E-state index contributed by atoms with van der Waals surface area (Å²) in [6, 6.07) is 15.1. The molecular formula is C19H16Cl2N2O. The molecule has 0 aliphatic heterocycles. The molecule has 2 N–H and O–H groups in total. The summed E-state index contributed by atoms with van der Waals surface area (Å²) in [5, 5.41) is 3.11. The van der Waals surface area contributed by atoms with E-state index in [0.717, 1.165) is 27.6 Å². The van der Waals surface area contributed by atoms with Crippen LogP contribution in [0.1, 0.15) is 10.4 Å². The number of benzene rings is 3. The van der Waals surface area contributed by atoms with E-state index in [9.17, 15) is 4.79 Å². The minimum Gasteiger partial charge on any atom is -0.377 e. The van der Waals surface area contributed by atoms with E-state index in [1.165, 1.54) is 0 Å². The normalized spacial score (nSPS) is 10.8. The third-order valence-electron chi connectivity index (χ3n) is 3.92. The monoisotopic (exact) mass is 358 g/mol. The molecule has 0 atom stereocenters. The zero-order valence-electron chi connectivity index (χ0n) is 13.3. The summed E-state index contributed by atoms with van der Waals surface area (Å²) in [6.07, 6.45) is 0. The van der Waals surface area contributed by atoms with Gasteiger partial charge in [0.25, 0.3) is 5.91 Å². The van der Waals surface area contributed by atoms with Crippen molar-refractivity contribution in [3.63, 3.8) is 0 Å². The first-order chi connectivity index (χ1) is 11.4. The van der Waals surface area contributed by atoms with E-state index in [2.05, 4.69) is 0 Å². The molecule has 0 spiro atoms. The van der Waals surface area contributed by atoms with Gasteiger partial charge in [-0.2, -0.15) is 0 Å². The first-order valence-electron chi connectivity index (χ1n) is 7.38. The highest BCUT2D eigenvalue weighted by Crippen LogP contribution is 2.37. The Morgan fingerprint density at radius 2 is 1.62 bits per heavy atom. The van der Waals surface area contributed by atoms with Gasteiger partial charge in [-0.25, -0.2) is 0 Å². The predicted octanol–water partition coefficient (Wildman–Crippen LogP) is 4.98. The van der Waals surface area contributed by atoms with Crippen LogP contribution in [0.5, 0.6) is 0 Å². The SMILES string of the molecule is CN(C)c1c(C(N)=O)ccc2c(-c3cc(Cl)cc(Cl)c3)cccc12. The van der Waals surface area contributed by atoms with Crippen LogP contribution in [0.25, 0.3) is 21.9 Å². The average molecular weight is 359 g/mol. The Hall–Kier alpha value is -2.23. The van der Waals surface area contributed by atoms with E-state index in [0.29, 0.717) is 15.6 Å². The van der Waals surface area contributed by atoms with E-state index >= 15 is 0 Å². The number of anilines is 1. The first kappa shape index (κ1) is 16.6. The maximum Gasteiger partial charge on any atom is 0.250 e. The van der Waals surface area contributed by atoms with Crippen molar-refractivity contribution in [3.05, 3.63) is 64.1 Å². The van der Waals surface area contributed by atoms with Gasteiger partial charge in [-0.1, -0.05) is 47.5 Å². The Kier molecular flexibility index (Phi) is 4.39. The second kappa shape index (κ2) is 6.34. The number of carbonyl (C=O) groups excluding carboxylic acids is 1. The van der Waals surface area contributed by atoms with Gasteiger partial charge in [0.15, 0.2) is 0 Å². The van der Waals surface area contributed by atoms with Gasteiger partial charge in [0, 0.05) is 29.5 Å². The molecule has 3 rings (SSSR count). The zero-order valence-corrected chi connectivity index (χ0v) is 14.8. The molecule has 0 bridgehead atoms. The van der Waals surface area contributed by atoms with Gasteiger partial charge in [-0.15, -0.1) is 0 Å². The average Bonchev–Trinajstić information content (AvgIpc) is 2.51. The summed E-state index contributed by atoms with van der Waals surface area (Å²) in [5.41, 5.74) is 8.75. The third kappa shape index (κ3) is 2.93. The van der Waals surface area contributed by atoms with Crippen LogP contribution in [0, 0.1) is 0 Å². The molecule has 3 aromatic carbocycles. The van der Waals surface area contributed by atoms with Crippen molar-refractivity contribution in [2.45, 2.75) is 0 Å². The zero-order chi connectivity index (χ0) is 17.4. The van der Waals surface area contributed by atoms with Gasteiger partial charge < -0.3 is 10.6 Å². The van der Waals surface area contributed by atoms with Crippen LogP contribution in [0.4, 0.5) is 5.69 Å². The molecule has 3 nitrogen and oxygen atoms in total. The van der Waals surface area contributed by atoms with Crippen LogP contribution in [-0.4, -0.2) is 20.0 Å². The second-order valence-electron chi connectivity index (χ2n) is 5.78. The largest absolute Gasteiger partial charge is 0.377 e. The molecule has 1 amide bonds. The Labute approximate surface area is 150 Å². The Bertz CT molecular complexity index is 931. The number of fused-ring (bicyclic) bond motifs is 1. The van der Waals surface area contributed by atoms with Gasteiger partial charge in [0.1, 0.15) is 0 Å². The molecule has 5 heteroatoms. The quantitative estimate of drug-likeness (QED) is 0.717. The third-order valence-corrected chi connectivity index (χ3v) is 4.36. The molecule has 0 saturated heterocycles. The van der Waals surface area contributed by atoms with E-state index in [4.69, 9.17) is 28.9 Å². The number of rotatable bonds is 3. The second-order valence-corrected chi connectivity index (χ2v) is 6.65. The molecule has 0 unspecified atom stereocenters. The summed E-state index contributed by atoms with van der Waals surface area (Å²) in [6.45, 7) is 0. The van der Waals surface area contributed by atoms with Gasteiger partial charge in [0.05, 0.1) is 11.3 Å². The smallest absolute Gasteiger partial charge is 0.250 e. The van der Waals surface area contributed by atoms with Gasteiger partial charge in [0.2, 0.25) is 0 Å². The van der Waals surface area contributed by atoms with Crippen LogP contribution in [0.2, 0.25) is 10.0 Å². The number of carbonyl (C=O) groups is 1. The Morgan fingerprint density at radius 1 is 0.958 bits per heavy atom. The van der Waals surface area contributed by atoms with Crippen molar-refractivity contribution in [2.75, 3.05) is 19.0 Å². The lowest BCUT2D eigenvalue weighted by atomic mass is 9.95. The molecule has 0 saturated carbocycles. The standard InChI is InChI=1S/C19H16Cl2N2O/c1-23(2)18-16-5-3-4-14(11-8-12(20)10-13(21)9-11)15(16)6-7-17(18)19(22)24/h3-10H,1-2H3,(H2,22,24). The summed E-state index contributed by atoms with van der Waals surface area (Å²) >= 11 is 12.3. The molecule has 0 aromatic heterocycles. The first-order valence-corrected chi connectivity index (χ1v) is 8.13. The lowest BCUT2D eigenvalue weighted by molar-refractivity contribution is 0.100. The van der Waals surface area contributed by atoms with Gasteiger partial charge in [-0.05, 0) is 40.8 Å². The number of primary amides is 1. The topological polar surface area (TPSA) is 46.3 Å². The van der Waals surface area contributed by atoms with Crippen molar-refractivity contribution in [1.29, 1.82) is 0 Å². The van der Waals surface area contributed by atoms with Crippen molar-refractivity contribution in [3.8, 4) is 11.1 Å². The molecule has 24 heavy (non-hydrogen) atoms. The lowest BCUT2D eigenvalue weighted by Crippen LogP contribution is -2.18. The molecule has 0 fully saturated rings. The van der Waals surface area contributed by atoms with Crippen LogP contribution in [0.3, 0.4) is 0 Å². The van der Waals surface area contributed by atoms with E-state index < -0.39 is 5.91 Å². The van der Waals surface area contributed by atoms with Crippen molar-refractivity contribution in [2.24, 2.45) is 5.73 Å². The summed E-state index contributed by atoms with van der Waals surface area (Å²) in [4.78, 5) is 13.7. The van der Waals surface area contributed by atoms with Gasteiger partial charge >= 0.3 is 0 Å². The van der Waals surface area contributed by atoms with E-state index in [1.807, 2.05) is 55.4 Å². The number of hydrogen-bond acceptors (Lipinski definition) is 2. The highest BCUT2D eigenvalue weighted by molar-refractivity contribution is 6.35. The number of nitrogens with two attached hydrogens (primary N) is 1. The fraction of sp³-hybridized carbons (Fsp3) is 0.105.